The van der Waals surface area contributed by atoms with E-state index in [0.717, 1.165) is 0 Å². The molecule has 70 valence electrons. The van der Waals surface area contributed by atoms with Crippen molar-refractivity contribution < 1.29 is 5.11 Å². The molecule has 0 bridgehead atoms. The number of aromatic hydroxyl groups is 1. The summed E-state index contributed by atoms with van der Waals surface area (Å²) >= 11 is 0. The number of para-hydroxylation sites is 1. The highest BCUT2D eigenvalue weighted by Crippen LogP contribution is 2.12. The van der Waals surface area contributed by atoms with Gasteiger partial charge in [-0.3, -0.25) is 0 Å². The number of hydrogen-bond acceptors (Lipinski definition) is 4. The van der Waals surface area contributed by atoms with Gasteiger partial charge in [0.2, 0.25) is 0 Å². The maximum atomic E-state index is 9.41. The van der Waals surface area contributed by atoms with E-state index in [0.29, 0.717) is 5.56 Å². The molecule has 5 nitrogen and oxygen atoms in total. The molecule has 14 heavy (non-hydrogen) atoms. The Morgan fingerprint density at radius 1 is 1.21 bits per heavy atom. The van der Waals surface area contributed by atoms with Crippen molar-refractivity contribution in [3.63, 3.8) is 0 Å². The van der Waals surface area contributed by atoms with E-state index in [1.165, 1.54) is 17.3 Å². The lowest BCUT2D eigenvalue weighted by Crippen LogP contribution is -1.87. The number of hydrogen-bond donors (Lipinski definition) is 1. The molecule has 0 saturated heterocycles. The molecular weight excluding hydrogens is 180 g/mol. The van der Waals surface area contributed by atoms with Gasteiger partial charge in [-0.2, -0.15) is 5.10 Å². The highest BCUT2D eigenvalue weighted by atomic mass is 16.3. The van der Waals surface area contributed by atoms with Gasteiger partial charge >= 0.3 is 0 Å². The van der Waals surface area contributed by atoms with Crippen LogP contribution in [0.1, 0.15) is 5.56 Å². The molecule has 0 aliphatic heterocycles. The fourth-order valence-corrected chi connectivity index (χ4v) is 0.980. The minimum absolute atomic E-state index is 0.198. The quantitative estimate of drug-likeness (QED) is 0.711. The molecule has 0 spiro atoms. The van der Waals surface area contributed by atoms with Crippen LogP contribution in [0.3, 0.4) is 0 Å². The zero-order valence-corrected chi connectivity index (χ0v) is 7.28. The molecule has 2 rings (SSSR count). The fraction of sp³-hybridized carbons (Fsp3) is 0. The highest BCUT2D eigenvalue weighted by Gasteiger charge is 1.94. The Morgan fingerprint density at radius 3 is 2.64 bits per heavy atom. The summed E-state index contributed by atoms with van der Waals surface area (Å²) in [5, 5.41) is 20.6. The fourth-order valence-electron chi connectivity index (χ4n) is 0.980. The Kier molecular flexibility index (Phi) is 2.22. The first-order valence-electron chi connectivity index (χ1n) is 4.03. The topological polar surface area (TPSA) is 63.3 Å². The van der Waals surface area contributed by atoms with E-state index >= 15 is 0 Å². The standard InChI is InChI=1S/C9H8N4O/c14-9-4-2-1-3-8(9)5-12-13-6-10-11-7-13/h1-7,14H. The summed E-state index contributed by atoms with van der Waals surface area (Å²) in [4.78, 5) is 0. The van der Waals surface area contributed by atoms with Gasteiger partial charge in [-0.15, -0.1) is 10.2 Å². The van der Waals surface area contributed by atoms with E-state index in [2.05, 4.69) is 15.3 Å². The van der Waals surface area contributed by atoms with Crippen molar-refractivity contribution in [2.75, 3.05) is 0 Å². The zero-order chi connectivity index (χ0) is 9.80. The molecule has 1 N–H and O–H groups in total. The molecule has 0 amide bonds. The van der Waals surface area contributed by atoms with Crippen LogP contribution in [0.15, 0.2) is 42.0 Å². The Hall–Kier alpha value is -2.17. The van der Waals surface area contributed by atoms with Gasteiger partial charge in [0.25, 0.3) is 0 Å². The summed E-state index contributed by atoms with van der Waals surface area (Å²) in [6.45, 7) is 0. The highest BCUT2D eigenvalue weighted by molar-refractivity contribution is 5.83. The van der Waals surface area contributed by atoms with Crippen LogP contribution in [0.2, 0.25) is 0 Å². The van der Waals surface area contributed by atoms with E-state index in [1.54, 1.807) is 24.4 Å². The van der Waals surface area contributed by atoms with Crippen molar-refractivity contribution in [3.05, 3.63) is 42.5 Å². The number of phenols is 1. The molecule has 0 unspecified atom stereocenters. The molecule has 5 heteroatoms. The molecule has 0 atom stereocenters. The Balaban J connectivity index is 2.23. The van der Waals surface area contributed by atoms with Gasteiger partial charge in [-0.1, -0.05) is 12.1 Å². The lowest BCUT2D eigenvalue weighted by Gasteiger charge is -1.95. The van der Waals surface area contributed by atoms with Crippen molar-refractivity contribution in [2.24, 2.45) is 5.10 Å². The Labute approximate surface area is 80.3 Å². The van der Waals surface area contributed by atoms with Crippen LogP contribution in [0.25, 0.3) is 0 Å². The molecule has 0 radical (unpaired) electrons. The summed E-state index contributed by atoms with van der Waals surface area (Å²) < 4.78 is 1.45. The van der Waals surface area contributed by atoms with Gasteiger partial charge in [0, 0.05) is 5.56 Å². The maximum absolute atomic E-state index is 9.41. The molecule has 0 aliphatic carbocycles. The first-order chi connectivity index (χ1) is 6.86. The number of aromatic nitrogens is 3. The van der Waals surface area contributed by atoms with Gasteiger partial charge in [0.15, 0.2) is 0 Å². The first-order valence-corrected chi connectivity index (χ1v) is 4.03. The second-order valence-corrected chi connectivity index (χ2v) is 2.65. The predicted octanol–water partition coefficient (Wildman–Crippen LogP) is 0.866. The van der Waals surface area contributed by atoms with Crippen LogP contribution in [0, 0.1) is 0 Å². The van der Waals surface area contributed by atoms with Gasteiger partial charge in [0.1, 0.15) is 18.4 Å². The molecule has 1 aromatic heterocycles. The monoisotopic (exact) mass is 188 g/mol. The van der Waals surface area contributed by atoms with Gasteiger partial charge in [-0.25, -0.2) is 4.68 Å². The van der Waals surface area contributed by atoms with Crippen LogP contribution in [0.4, 0.5) is 0 Å². The van der Waals surface area contributed by atoms with E-state index < -0.39 is 0 Å². The minimum atomic E-state index is 0.198. The van der Waals surface area contributed by atoms with Crippen LogP contribution < -0.4 is 0 Å². The summed E-state index contributed by atoms with van der Waals surface area (Å²) in [6.07, 6.45) is 4.48. The zero-order valence-electron chi connectivity index (χ0n) is 7.28. The summed E-state index contributed by atoms with van der Waals surface area (Å²) in [6, 6.07) is 6.95. The van der Waals surface area contributed by atoms with Crippen molar-refractivity contribution in [2.45, 2.75) is 0 Å². The smallest absolute Gasteiger partial charge is 0.141 e. The Bertz CT molecular complexity index is 436. The van der Waals surface area contributed by atoms with Crippen molar-refractivity contribution in [1.82, 2.24) is 14.9 Å². The van der Waals surface area contributed by atoms with E-state index in [-0.39, 0.29) is 5.75 Å². The van der Waals surface area contributed by atoms with Crippen LogP contribution in [0.5, 0.6) is 5.75 Å². The second-order valence-electron chi connectivity index (χ2n) is 2.65. The normalized spacial score (nSPS) is 10.9. The average molecular weight is 188 g/mol. The number of rotatable bonds is 2. The molecule has 2 aromatic rings. The third kappa shape index (κ3) is 1.77. The average Bonchev–Trinajstić information content (AvgIpc) is 2.69. The predicted molar refractivity (Wildman–Crippen MR) is 51.1 cm³/mol. The maximum Gasteiger partial charge on any atom is 0.141 e. The van der Waals surface area contributed by atoms with Crippen LogP contribution >= 0.6 is 0 Å². The second kappa shape index (κ2) is 3.69. The summed E-state index contributed by atoms with van der Waals surface area (Å²) in [7, 11) is 0. The van der Waals surface area contributed by atoms with Gasteiger partial charge in [0.05, 0.1) is 6.21 Å². The molecule has 0 saturated carbocycles. The lowest BCUT2D eigenvalue weighted by atomic mass is 10.2. The number of nitrogens with zero attached hydrogens (tertiary/aromatic N) is 4. The SMILES string of the molecule is Oc1ccccc1C=Nn1cnnc1. The van der Waals surface area contributed by atoms with E-state index in [4.69, 9.17) is 0 Å². The molecular formula is C9H8N4O. The van der Waals surface area contributed by atoms with Crippen molar-refractivity contribution >= 4 is 6.21 Å². The first kappa shape index (κ1) is 8.43. The molecule has 0 fully saturated rings. The van der Waals surface area contributed by atoms with Crippen molar-refractivity contribution in [1.29, 1.82) is 0 Å². The van der Waals surface area contributed by atoms with E-state index in [9.17, 15) is 5.11 Å². The minimum Gasteiger partial charge on any atom is -0.507 e. The number of benzene rings is 1. The lowest BCUT2D eigenvalue weighted by molar-refractivity contribution is 0.474. The third-order valence-corrected chi connectivity index (χ3v) is 1.67. The van der Waals surface area contributed by atoms with Crippen LogP contribution in [-0.2, 0) is 0 Å². The van der Waals surface area contributed by atoms with Crippen molar-refractivity contribution in [3.8, 4) is 5.75 Å². The molecule has 0 aliphatic rings. The van der Waals surface area contributed by atoms with E-state index in [1.807, 2.05) is 6.07 Å². The van der Waals surface area contributed by atoms with Gasteiger partial charge < -0.3 is 5.11 Å². The Morgan fingerprint density at radius 2 is 1.93 bits per heavy atom. The molecule has 1 heterocycles. The molecule has 1 aromatic carbocycles. The third-order valence-electron chi connectivity index (χ3n) is 1.67. The summed E-state index contributed by atoms with van der Waals surface area (Å²) in [5.41, 5.74) is 0.654. The van der Waals surface area contributed by atoms with Crippen LogP contribution in [-0.4, -0.2) is 26.2 Å². The largest absolute Gasteiger partial charge is 0.507 e. The van der Waals surface area contributed by atoms with Gasteiger partial charge in [-0.05, 0) is 12.1 Å². The summed E-state index contributed by atoms with van der Waals surface area (Å²) in [5.74, 6) is 0.198. The number of phenolic OH excluding ortho intramolecular Hbond substituents is 1.